The maximum atomic E-state index is 11.8. The molecule has 0 unspecified atom stereocenters. The van der Waals surface area contributed by atoms with Crippen LogP contribution >= 0.6 is 0 Å². The lowest BCUT2D eigenvalue weighted by molar-refractivity contribution is -0.121. The Morgan fingerprint density at radius 3 is 2.40 bits per heavy atom. The molecule has 0 atom stereocenters. The highest BCUT2D eigenvalue weighted by atomic mass is 16.2. The summed E-state index contributed by atoms with van der Waals surface area (Å²) in [7, 11) is 1.84. The highest BCUT2D eigenvalue weighted by Gasteiger charge is 2.15. The van der Waals surface area contributed by atoms with E-state index in [0.29, 0.717) is 0 Å². The first-order valence-corrected chi connectivity index (χ1v) is 5.28. The van der Waals surface area contributed by atoms with Gasteiger partial charge >= 0.3 is 0 Å². The highest BCUT2D eigenvalue weighted by Crippen LogP contribution is 2.21. The van der Waals surface area contributed by atoms with E-state index < -0.39 is 0 Å². The van der Waals surface area contributed by atoms with E-state index in [4.69, 9.17) is 0 Å². The lowest BCUT2D eigenvalue weighted by Gasteiger charge is -2.21. The lowest BCUT2D eigenvalue weighted by atomic mass is 10.1. The molecule has 0 radical (unpaired) electrons. The van der Waals surface area contributed by atoms with Crippen LogP contribution in [0, 0.1) is 19.8 Å². The molecule has 0 aliphatic carbocycles. The monoisotopic (exact) mass is 205 g/mol. The van der Waals surface area contributed by atoms with Crippen LogP contribution in [0.1, 0.15) is 25.0 Å². The van der Waals surface area contributed by atoms with Crippen LogP contribution in [0.5, 0.6) is 0 Å². The van der Waals surface area contributed by atoms with Gasteiger partial charge in [0.1, 0.15) is 0 Å². The zero-order chi connectivity index (χ0) is 11.6. The Labute approximate surface area is 91.9 Å². The topological polar surface area (TPSA) is 20.3 Å². The molecular formula is C13H19NO. The summed E-state index contributed by atoms with van der Waals surface area (Å²) in [5.74, 6) is 0.193. The van der Waals surface area contributed by atoms with E-state index >= 15 is 0 Å². The predicted octanol–water partition coefficient (Wildman–Crippen LogP) is 2.92. The second kappa shape index (κ2) is 4.47. The SMILES string of the molecule is Cc1ccc(C)c(N(C)C(=O)C(C)C)c1. The number of hydrogen-bond donors (Lipinski definition) is 0. The normalized spacial score (nSPS) is 10.5. The van der Waals surface area contributed by atoms with Gasteiger partial charge in [0.05, 0.1) is 0 Å². The van der Waals surface area contributed by atoms with Gasteiger partial charge in [-0.15, -0.1) is 0 Å². The number of anilines is 1. The van der Waals surface area contributed by atoms with Crippen LogP contribution in [0.3, 0.4) is 0 Å². The van der Waals surface area contributed by atoms with E-state index in [1.807, 2.05) is 34.7 Å². The van der Waals surface area contributed by atoms with Gasteiger partial charge in [0, 0.05) is 18.7 Å². The predicted molar refractivity (Wildman–Crippen MR) is 64.2 cm³/mol. The summed E-state index contributed by atoms with van der Waals surface area (Å²) in [6.07, 6.45) is 0. The van der Waals surface area contributed by atoms with Gasteiger partial charge in [-0.05, 0) is 31.0 Å². The fourth-order valence-electron chi connectivity index (χ4n) is 1.59. The van der Waals surface area contributed by atoms with Crippen molar-refractivity contribution in [2.45, 2.75) is 27.7 Å². The number of aryl methyl sites for hydroxylation is 2. The van der Waals surface area contributed by atoms with Crippen molar-refractivity contribution in [3.05, 3.63) is 29.3 Å². The summed E-state index contributed by atoms with van der Waals surface area (Å²) in [5, 5.41) is 0. The molecule has 82 valence electrons. The van der Waals surface area contributed by atoms with Crippen molar-refractivity contribution in [3.63, 3.8) is 0 Å². The number of carbonyl (C=O) groups excluding carboxylic acids is 1. The molecule has 0 heterocycles. The third-order valence-electron chi connectivity index (χ3n) is 2.55. The highest BCUT2D eigenvalue weighted by molar-refractivity contribution is 5.94. The zero-order valence-electron chi connectivity index (χ0n) is 10.2. The van der Waals surface area contributed by atoms with Crippen molar-refractivity contribution in [1.82, 2.24) is 0 Å². The summed E-state index contributed by atoms with van der Waals surface area (Å²) in [5.41, 5.74) is 3.32. The summed E-state index contributed by atoms with van der Waals surface area (Å²) >= 11 is 0. The average Bonchev–Trinajstić information content (AvgIpc) is 2.19. The summed E-state index contributed by atoms with van der Waals surface area (Å²) in [4.78, 5) is 13.6. The van der Waals surface area contributed by atoms with Crippen LogP contribution in [0.25, 0.3) is 0 Å². The quantitative estimate of drug-likeness (QED) is 0.727. The van der Waals surface area contributed by atoms with Gasteiger partial charge in [-0.3, -0.25) is 4.79 Å². The molecule has 0 aliphatic heterocycles. The smallest absolute Gasteiger partial charge is 0.229 e. The second-order valence-electron chi connectivity index (χ2n) is 4.34. The van der Waals surface area contributed by atoms with Gasteiger partial charge in [0.25, 0.3) is 0 Å². The first kappa shape index (κ1) is 11.8. The fourth-order valence-corrected chi connectivity index (χ4v) is 1.59. The summed E-state index contributed by atoms with van der Waals surface area (Å²) in [6.45, 7) is 7.91. The van der Waals surface area contributed by atoms with E-state index in [2.05, 4.69) is 18.2 Å². The Balaban J connectivity index is 3.05. The molecule has 1 rings (SSSR count). The molecule has 2 heteroatoms. The van der Waals surface area contributed by atoms with Crippen molar-refractivity contribution >= 4 is 11.6 Å². The molecule has 0 bridgehead atoms. The number of carbonyl (C=O) groups is 1. The molecule has 0 N–H and O–H groups in total. The maximum Gasteiger partial charge on any atom is 0.229 e. The Morgan fingerprint density at radius 2 is 1.87 bits per heavy atom. The van der Waals surface area contributed by atoms with Gasteiger partial charge in [-0.25, -0.2) is 0 Å². The molecule has 1 amide bonds. The Bertz CT molecular complexity index is 369. The lowest BCUT2D eigenvalue weighted by Crippen LogP contribution is -2.30. The molecule has 0 saturated heterocycles. The molecule has 1 aromatic carbocycles. The minimum atomic E-state index is 0.0370. The molecule has 1 aromatic rings. The standard InChI is InChI=1S/C13H19NO/c1-9(2)13(15)14(5)12-8-10(3)6-7-11(12)4/h6-9H,1-5H3. The molecule has 15 heavy (non-hydrogen) atoms. The second-order valence-corrected chi connectivity index (χ2v) is 4.34. The molecule has 0 aliphatic rings. The molecule has 0 aromatic heterocycles. The Morgan fingerprint density at radius 1 is 1.27 bits per heavy atom. The first-order chi connectivity index (χ1) is 6.93. The van der Waals surface area contributed by atoms with Gasteiger partial charge in [-0.2, -0.15) is 0 Å². The first-order valence-electron chi connectivity index (χ1n) is 5.28. The number of benzene rings is 1. The fraction of sp³-hybridized carbons (Fsp3) is 0.462. The van der Waals surface area contributed by atoms with Crippen molar-refractivity contribution < 1.29 is 4.79 Å². The van der Waals surface area contributed by atoms with Crippen LogP contribution in [0.4, 0.5) is 5.69 Å². The van der Waals surface area contributed by atoms with E-state index in [9.17, 15) is 4.79 Å². The molecular weight excluding hydrogens is 186 g/mol. The summed E-state index contributed by atoms with van der Waals surface area (Å²) < 4.78 is 0. The van der Waals surface area contributed by atoms with Gasteiger partial charge in [0.15, 0.2) is 0 Å². The van der Waals surface area contributed by atoms with E-state index in [1.165, 1.54) is 5.56 Å². The zero-order valence-corrected chi connectivity index (χ0v) is 10.2. The minimum absolute atomic E-state index is 0.0370. The third-order valence-corrected chi connectivity index (χ3v) is 2.55. The number of rotatable bonds is 2. The largest absolute Gasteiger partial charge is 0.315 e. The van der Waals surface area contributed by atoms with Crippen LogP contribution in [-0.4, -0.2) is 13.0 Å². The van der Waals surface area contributed by atoms with Crippen LogP contribution in [-0.2, 0) is 4.79 Å². The molecule has 0 spiro atoms. The number of amides is 1. The average molecular weight is 205 g/mol. The van der Waals surface area contributed by atoms with Crippen molar-refractivity contribution in [2.24, 2.45) is 5.92 Å². The van der Waals surface area contributed by atoms with E-state index in [1.54, 1.807) is 4.90 Å². The third kappa shape index (κ3) is 2.58. The number of nitrogens with zero attached hydrogens (tertiary/aromatic N) is 1. The molecule has 0 fully saturated rings. The van der Waals surface area contributed by atoms with Crippen LogP contribution < -0.4 is 4.90 Å². The van der Waals surface area contributed by atoms with Gasteiger partial charge in [-0.1, -0.05) is 26.0 Å². The van der Waals surface area contributed by atoms with Gasteiger partial charge in [0.2, 0.25) is 5.91 Å². The molecule has 2 nitrogen and oxygen atoms in total. The Hall–Kier alpha value is -1.31. The van der Waals surface area contributed by atoms with Crippen molar-refractivity contribution in [2.75, 3.05) is 11.9 Å². The van der Waals surface area contributed by atoms with Crippen LogP contribution in [0.2, 0.25) is 0 Å². The summed E-state index contributed by atoms with van der Waals surface area (Å²) in [6, 6.07) is 6.16. The van der Waals surface area contributed by atoms with Gasteiger partial charge < -0.3 is 4.90 Å². The maximum absolute atomic E-state index is 11.8. The number of hydrogen-bond acceptors (Lipinski definition) is 1. The van der Waals surface area contributed by atoms with E-state index in [0.717, 1.165) is 11.3 Å². The molecule has 0 saturated carbocycles. The minimum Gasteiger partial charge on any atom is -0.315 e. The Kier molecular flexibility index (Phi) is 3.51. The van der Waals surface area contributed by atoms with E-state index in [-0.39, 0.29) is 11.8 Å². The van der Waals surface area contributed by atoms with Crippen molar-refractivity contribution in [3.8, 4) is 0 Å². The van der Waals surface area contributed by atoms with Crippen LogP contribution in [0.15, 0.2) is 18.2 Å². The van der Waals surface area contributed by atoms with Crippen molar-refractivity contribution in [1.29, 1.82) is 0 Å².